The number of nitrogens with zero attached hydrogens (tertiary/aromatic N) is 2. The van der Waals surface area contributed by atoms with Gasteiger partial charge in [0.1, 0.15) is 12.0 Å². The highest BCUT2D eigenvalue weighted by atomic mass is 15.2. The van der Waals surface area contributed by atoms with E-state index in [9.17, 15) is 0 Å². The van der Waals surface area contributed by atoms with Gasteiger partial charge in [0.05, 0.1) is 0 Å². The van der Waals surface area contributed by atoms with Crippen LogP contribution in [-0.4, -0.2) is 11.7 Å². The van der Waals surface area contributed by atoms with E-state index in [0.29, 0.717) is 0 Å². The summed E-state index contributed by atoms with van der Waals surface area (Å²) in [5.74, 6) is 1.55. The maximum absolute atomic E-state index is 5.36. The van der Waals surface area contributed by atoms with E-state index in [0.717, 1.165) is 28.4 Å². The van der Waals surface area contributed by atoms with Gasteiger partial charge in [-0.3, -0.25) is 0 Å². The summed E-state index contributed by atoms with van der Waals surface area (Å²) in [4.78, 5) is 10.6. The average molecular weight is 730 g/mol. The van der Waals surface area contributed by atoms with E-state index in [4.69, 9.17) is 9.98 Å². The van der Waals surface area contributed by atoms with Crippen LogP contribution in [0.1, 0.15) is 47.8 Å². The number of amidine groups is 2. The number of hydrogen-bond acceptors (Lipinski definition) is 3. The third-order valence-electron chi connectivity index (χ3n) is 12.1. The SMILES string of the molecule is CC1(C)c2cc(C3=NC(c4ccc5ccccc5c4)NC(c4ccc5ccccc5c4)=N3)ccc2-c2c(-c3ccc(-c4ccccc4)cc3)cc3ccccc3c21. The molecule has 0 spiro atoms. The molecule has 0 bridgehead atoms. The van der Waals surface area contributed by atoms with Crippen LogP contribution in [0.3, 0.4) is 0 Å². The van der Waals surface area contributed by atoms with E-state index in [1.807, 2.05) is 0 Å². The van der Waals surface area contributed by atoms with Crippen LogP contribution in [0.15, 0.2) is 198 Å². The minimum atomic E-state index is -0.309. The molecule has 0 fully saturated rings. The van der Waals surface area contributed by atoms with Crippen molar-refractivity contribution in [2.75, 3.05) is 0 Å². The highest BCUT2D eigenvalue weighted by Gasteiger charge is 2.39. The second-order valence-corrected chi connectivity index (χ2v) is 15.9. The first-order valence-corrected chi connectivity index (χ1v) is 19.8. The minimum Gasteiger partial charge on any atom is -0.344 e. The van der Waals surface area contributed by atoms with Crippen molar-refractivity contribution in [3.05, 3.63) is 216 Å². The van der Waals surface area contributed by atoms with Gasteiger partial charge in [0.25, 0.3) is 0 Å². The van der Waals surface area contributed by atoms with Crippen LogP contribution in [0.5, 0.6) is 0 Å². The van der Waals surface area contributed by atoms with Crippen molar-refractivity contribution >= 4 is 44.0 Å². The molecule has 1 unspecified atom stereocenters. The number of hydrogen-bond donors (Lipinski definition) is 1. The smallest absolute Gasteiger partial charge is 0.159 e. The third-order valence-corrected chi connectivity index (χ3v) is 12.1. The molecule has 1 aliphatic heterocycles. The molecule has 3 nitrogen and oxygen atoms in total. The monoisotopic (exact) mass is 729 g/mol. The Morgan fingerprint density at radius 2 is 1.05 bits per heavy atom. The Morgan fingerprint density at radius 1 is 0.456 bits per heavy atom. The van der Waals surface area contributed by atoms with Gasteiger partial charge >= 0.3 is 0 Å². The van der Waals surface area contributed by atoms with Gasteiger partial charge in [0.15, 0.2) is 5.84 Å². The van der Waals surface area contributed by atoms with Crippen molar-refractivity contribution in [2.24, 2.45) is 9.98 Å². The molecule has 2 aliphatic rings. The normalized spacial score (nSPS) is 15.5. The summed E-state index contributed by atoms with van der Waals surface area (Å²) < 4.78 is 0. The largest absolute Gasteiger partial charge is 0.344 e. The number of fused-ring (bicyclic) bond motifs is 7. The van der Waals surface area contributed by atoms with E-state index in [1.165, 1.54) is 76.8 Å². The molecule has 1 heterocycles. The van der Waals surface area contributed by atoms with Crippen LogP contribution in [0.2, 0.25) is 0 Å². The topological polar surface area (TPSA) is 36.8 Å². The van der Waals surface area contributed by atoms with Crippen molar-refractivity contribution in [1.29, 1.82) is 0 Å². The Kier molecular flexibility index (Phi) is 7.58. The quantitative estimate of drug-likeness (QED) is 0.188. The van der Waals surface area contributed by atoms with Crippen LogP contribution < -0.4 is 5.32 Å². The fourth-order valence-corrected chi connectivity index (χ4v) is 9.14. The zero-order valence-corrected chi connectivity index (χ0v) is 31.9. The van der Waals surface area contributed by atoms with Crippen molar-refractivity contribution < 1.29 is 0 Å². The molecule has 9 aromatic carbocycles. The first-order valence-electron chi connectivity index (χ1n) is 19.8. The standard InChI is InChI=1S/C54H39N3/c1-54(2)48-33-44(28-29-46(48)49-47(32-41-18-10-11-19-45(41)50(49)54)38-24-20-37(21-25-38)34-12-4-3-5-13-34)53-56-51(42-26-22-35-14-6-8-16-39(35)30-42)55-52(57-53)43-27-23-36-15-7-9-17-40(36)31-43/h3-33,51H,1-2H3,(H,55,56,57). The maximum Gasteiger partial charge on any atom is 0.159 e. The molecule has 1 aliphatic carbocycles. The predicted octanol–water partition coefficient (Wildman–Crippen LogP) is 13.3. The van der Waals surface area contributed by atoms with Crippen LogP contribution in [0.4, 0.5) is 0 Å². The zero-order chi connectivity index (χ0) is 38.1. The summed E-state index contributed by atoms with van der Waals surface area (Å²) >= 11 is 0. The first-order chi connectivity index (χ1) is 28.0. The zero-order valence-electron chi connectivity index (χ0n) is 31.9. The molecule has 1 N–H and O–H groups in total. The van der Waals surface area contributed by atoms with Gasteiger partial charge < -0.3 is 5.32 Å². The van der Waals surface area contributed by atoms with Gasteiger partial charge in [0.2, 0.25) is 0 Å². The van der Waals surface area contributed by atoms with Gasteiger partial charge in [-0.1, -0.05) is 178 Å². The lowest BCUT2D eigenvalue weighted by atomic mass is 9.79. The molecular formula is C54H39N3. The molecule has 0 amide bonds. The Bertz CT molecular complexity index is 3120. The van der Waals surface area contributed by atoms with E-state index >= 15 is 0 Å². The number of aliphatic imine (C=N–C) groups is 2. The van der Waals surface area contributed by atoms with E-state index in [1.54, 1.807) is 0 Å². The molecule has 0 saturated carbocycles. The maximum atomic E-state index is 5.36. The molecule has 3 heteroatoms. The highest BCUT2D eigenvalue weighted by Crippen LogP contribution is 2.55. The summed E-state index contributed by atoms with van der Waals surface area (Å²) in [6.45, 7) is 4.75. The summed E-state index contributed by atoms with van der Waals surface area (Å²) in [5, 5.41) is 11.1. The van der Waals surface area contributed by atoms with Crippen LogP contribution in [-0.2, 0) is 5.41 Å². The van der Waals surface area contributed by atoms with E-state index in [-0.39, 0.29) is 11.6 Å². The van der Waals surface area contributed by atoms with Gasteiger partial charge in [-0.15, -0.1) is 0 Å². The minimum absolute atomic E-state index is 0.267. The molecular weight excluding hydrogens is 691 g/mol. The van der Waals surface area contributed by atoms with Gasteiger partial charge in [-0.05, 0) is 107 Å². The molecule has 57 heavy (non-hydrogen) atoms. The van der Waals surface area contributed by atoms with Crippen molar-refractivity contribution in [3.8, 4) is 33.4 Å². The lowest BCUT2D eigenvalue weighted by molar-refractivity contribution is 0.665. The molecule has 11 rings (SSSR count). The number of rotatable bonds is 5. The van der Waals surface area contributed by atoms with Gasteiger partial charge in [-0.25, -0.2) is 9.98 Å². The fourth-order valence-electron chi connectivity index (χ4n) is 9.14. The summed E-state index contributed by atoms with van der Waals surface area (Å²) in [6, 6.07) is 68.0. The second-order valence-electron chi connectivity index (χ2n) is 15.9. The Hall–Kier alpha value is -7.10. The second kappa shape index (κ2) is 13.0. The summed E-state index contributed by atoms with van der Waals surface area (Å²) in [6.07, 6.45) is -0.309. The number of nitrogens with one attached hydrogen (secondary N) is 1. The molecule has 0 radical (unpaired) electrons. The van der Waals surface area contributed by atoms with Crippen molar-refractivity contribution in [1.82, 2.24) is 5.32 Å². The Morgan fingerprint density at radius 3 is 1.82 bits per heavy atom. The van der Waals surface area contributed by atoms with Gasteiger partial charge in [-0.2, -0.15) is 0 Å². The lowest BCUT2D eigenvalue weighted by Gasteiger charge is -2.26. The molecule has 270 valence electrons. The van der Waals surface area contributed by atoms with E-state index < -0.39 is 0 Å². The molecule has 0 saturated heterocycles. The van der Waals surface area contributed by atoms with E-state index in [2.05, 4.69) is 207 Å². The fraction of sp³-hybridized carbons (Fsp3) is 0.0741. The Labute approximate surface area is 332 Å². The van der Waals surface area contributed by atoms with Crippen molar-refractivity contribution in [3.63, 3.8) is 0 Å². The third kappa shape index (κ3) is 5.58. The molecule has 1 atom stereocenters. The summed E-state index contributed by atoms with van der Waals surface area (Å²) in [7, 11) is 0. The highest BCUT2D eigenvalue weighted by molar-refractivity contribution is 6.14. The molecule has 0 aromatic heterocycles. The van der Waals surface area contributed by atoms with Crippen LogP contribution in [0.25, 0.3) is 65.7 Å². The first kappa shape index (κ1) is 33.3. The van der Waals surface area contributed by atoms with Gasteiger partial charge in [0, 0.05) is 16.5 Å². The Balaban J connectivity index is 1.06. The van der Waals surface area contributed by atoms with Crippen LogP contribution in [0, 0.1) is 0 Å². The van der Waals surface area contributed by atoms with Crippen molar-refractivity contribution in [2.45, 2.75) is 25.4 Å². The van der Waals surface area contributed by atoms with Crippen LogP contribution >= 0.6 is 0 Å². The lowest BCUT2D eigenvalue weighted by Crippen LogP contribution is -2.33. The average Bonchev–Trinajstić information content (AvgIpc) is 3.52. The predicted molar refractivity (Wildman–Crippen MR) is 239 cm³/mol. The molecule has 9 aromatic rings. The summed E-state index contributed by atoms with van der Waals surface area (Å²) in [5.41, 5.74) is 13.0. The number of benzene rings is 9.